The Kier molecular flexibility index (Phi) is 3.90. The van der Waals surface area contributed by atoms with Crippen LogP contribution < -0.4 is 0 Å². The Bertz CT molecular complexity index is 650. The quantitative estimate of drug-likeness (QED) is 0.843. The van der Waals surface area contributed by atoms with Gasteiger partial charge in [0.05, 0.1) is 12.2 Å². The average Bonchev–Trinajstić information content (AvgIpc) is 3.26. The number of rotatable bonds is 4. The van der Waals surface area contributed by atoms with Crippen molar-refractivity contribution in [2.24, 2.45) is 0 Å². The van der Waals surface area contributed by atoms with E-state index in [4.69, 9.17) is 4.52 Å². The molecule has 2 aromatic heterocycles. The van der Waals surface area contributed by atoms with E-state index in [0.29, 0.717) is 12.1 Å². The number of likely N-dealkylation sites (N-methyl/N-ethyl adjacent to an activating group) is 1. The van der Waals surface area contributed by atoms with Crippen molar-refractivity contribution >= 4 is 0 Å². The van der Waals surface area contributed by atoms with E-state index >= 15 is 0 Å². The van der Waals surface area contributed by atoms with Gasteiger partial charge in [0.2, 0.25) is 0 Å². The summed E-state index contributed by atoms with van der Waals surface area (Å²) in [6, 6.07) is 0.759. The number of hydrogen-bond acceptors (Lipinski definition) is 6. The molecule has 2 aliphatic rings. The van der Waals surface area contributed by atoms with Gasteiger partial charge in [-0.3, -0.25) is 4.90 Å². The molecule has 1 aliphatic carbocycles. The molecule has 0 spiro atoms. The highest BCUT2D eigenvalue weighted by molar-refractivity contribution is 5.25. The Morgan fingerprint density at radius 1 is 1.26 bits per heavy atom. The van der Waals surface area contributed by atoms with Gasteiger partial charge in [-0.15, -0.1) is 5.10 Å². The highest BCUT2D eigenvalue weighted by Crippen LogP contribution is 2.29. The van der Waals surface area contributed by atoms with Crippen LogP contribution >= 0.6 is 0 Å². The lowest BCUT2D eigenvalue weighted by Gasteiger charge is -2.24. The third kappa shape index (κ3) is 2.79. The van der Waals surface area contributed by atoms with Gasteiger partial charge in [-0.2, -0.15) is 0 Å². The van der Waals surface area contributed by atoms with Gasteiger partial charge in [0.1, 0.15) is 11.5 Å². The SMILES string of the molecule is CN(C)[C@@H]1CN(Cc2noc3c2CCCC3)C[C@@H]1n1ccnn1. The Balaban J connectivity index is 1.51. The van der Waals surface area contributed by atoms with Gasteiger partial charge in [0.15, 0.2) is 0 Å². The van der Waals surface area contributed by atoms with E-state index in [-0.39, 0.29) is 0 Å². The van der Waals surface area contributed by atoms with E-state index in [2.05, 4.69) is 39.4 Å². The van der Waals surface area contributed by atoms with Crippen molar-refractivity contribution in [3.8, 4) is 0 Å². The zero-order chi connectivity index (χ0) is 15.8. The number of nitrogens with zero attached hydrogens (tertiary/aromatic N) is 6. The van der Waals surface area contributed by atoms with E-state index < -0.39 is 0 Å². The van der Waals surface area contributed by atoms with E-state index in [1.807, 2.05) is 10.9 Å². The molecule has 0 saturated carbocycles. The molecule has 2 atom stereocenters. The lowest BCUT2D eigenvalue weighted by atomic mass is 9.96. The number of fused-ring (bicyclic) bond motifs is 1. The standard InChI is InChI=1S/C16H24N6O/c1-20(2)14-10-21(11-15(14)22-8-7-17-19-22)9-13-12-5-3-4-6-16(12)23-18-13/h7-8,14-15H,3-6,9-11H2,1-2H3/t14-,15+/m1/s1. The van der Waals surface area contributed by atoms with Crippen LogP contribution in [0.1, 0.15) is 35.9 Å². The molecule has 0 aromatic carbocycles. The largest absolute Gasteiger partial charge is 0.361 e. The lowest BCUT2D eigenvalue weighted by Crippen LogP contribution is -2.36. The predicted octanol–water partition coefficient (Wildman–Crippen LogP) is 1.13. The van der Waals surface area contributed by atoms with Crippen LogP contribution in [0.4, 0.5) is 0 Å². The lowest BCUT2D eigenvalue weighted by molar-refractivity contribution is 0.236. The Hall–Kier alpha value is -1.73. The molecule has 3 heterocycles. The molecule has 1 aliphatic heterocycles. The maximum absolute atomic E-state index is 5.56. The second-order valence-corrected chi connectivity index (χ2v) is 6.91. The summed E-state index contributed by atoms with van der Waals surface area (Å²) in [4.78, 5) is 4.74. The van der Waals surface area contributed by atoms with Crippen LogP contribution in [0.25, 0.3) is 0 Å². The van der Waals surface area contributed by atoms with Crippen molar-refractivity contribution < 1.29 is 4.52 Å². The van der Waals surface area contributed by atoms with E-state index in [0.717, 1.165) is 43.9 Å². The zero-order valence-electron chi connectivity index (χ0n) is 13.9. The van der Waals surface area contributed by atoms with Crippen molar-refractivity contribution in [2.45, 2.75) is 44.3 Å². The Morgan fingerprint density at radius 3 is 2.91 bits per heavy atom. The molecule has 1 fully saturated rings. The molecule has 7 heteroatoms. The number of likely N-dealkylation sites (tertiary alicyclic amines) is 1. The summed E-state index contributed by atoms with van der Waals surface area (Å²) in [5, 5.41) is 12.5. The van der Waals surface area contributed by atoms with Gasteiger partial charge in [-0.25, -0.2) is 4.68 Å². The minimum absolute atomic E-state index is 0.329. The van der Waals surface area contributed by atoms with Crippen LogP contribution in [0.5, 0.6) is 0 Å². The van der Waals surface area contributed by atoms with Crippen molar-refractivity contribution in [3.63, 3.8) is 0 Å². The molecular weight excluding hydrogens is 292 g/mol. The van der Waals surface area contributed by atoms with E-state index in [9.17, 15) is 0 Å². The third-order valence-electron chi connectivity index (χ3n) is 5.18. The van der Waals surface area contributed by atoms with Gasteiger partial charge < -0.3 is 9.42 Å². The normalized spacial score (nSPS) is 25.2. The highest BCUT2D eigenvalue weighted by atomic mass is 16.5. The fraction of sp³-hybridized carbons (Fsp3) is 0.688. The second kappa shape index (κ2) is 6.05. The van der Waals surface area contributed by atoms with Crippen LogP contribution in [0.15, 0.2) is 16.9 Å². The molecule has 2 aromatic rings. The molecule has 0 amide bonds. The van der Waals surface area contributed by atoms with E-state index in [1.165, 1.54) is 18.4 Å². The third-order valence-corrected chi connectivity index (χ3v) is 5.18. The maximum atomic E-state index is 5.56. The van der Waals surface area contributed by atoms with Crippen LogP contribution in [-0.2, 0) is 19.4 Å². The monoisotopic (exact) mass is 316 g/mol. The van der Waals surface area contributed by atoms with Crippen molar-refractivity contribution in [1.82, 2.24) is 30.0 Å². The minimum Gasteiger partial charge on any atom is -0.361 e. The zero-order valence-corrected chi connectivity index (χ0v) is 13.9. The highest BCUT2D eigenvalue weighted by Gasteiger charge is 2.36. The maximum Gasteiger partial charge on any atom is 0.140 e. The fourth-order valence-corrected chi connectivity index (χ4v) is 3.92. The smallest absolute Gasteiger partial charge is 0.140 e. The number of hydrogen-bond donors (Lipinski definition) is 0. The van der Waals surface area contributed by atoms with Gasteiger partial charge in [0, 0.05) is 43.9 Å². The average molecular weight is 316 g/mol. The first-order chi connectivity index (χ1) is 11.2. The number of aromatic nitrogens is 4. The first-order valence-electron chi connectivity index (χ1n) is 8.43. The molecular formula is C16H24N6O. The topological polar surface area (TPSA) is 63.2 Å². The summed E-state index contributed by atoms with van der Waals surface area (Å²) in [5.41, 5.74) is 2.50. The summed E-state index contributed by atoms with van der Waals surface area (Å²) >= 11 is 0. The van der Waals surface area contributed by atoms with Gasteiger partial charge in [-0.1, -0.05) is 10.4 Å². The van der Waals surface area contributed by atoms with Crippen LogP contribution in [0, 0.1) is 0 Å². The van der Waals surface area contributed by atoms with Gasteiger partial charge in [-0.05, 0) is 33.4 Å². The van der Waals surface area contributed by atoms with Crippen LogP contribution in [0.2, 0.25) is 0 Å². The van der Waals surface area contributed by atoms with Gasteiger partial charge >= 0.3 is 0 Å². The van der Waals surface area contributed by atoms with Crippen molar-refractivity contribution in [2.75, 3.05) is 27.2 Å². The van der Waals surface area contributed by atoms with Crippen molar-refractivity contribution in [3.05, 3.63) is 29.4 Å². The summed E-state index contributed by atoms with van der Waals surface area (Å²) in [6.07, 6.45) is 8.35. The molecule has 0 radical (unpaired) electrons. The van der Waals surface area contributed by atoms with Crippen molar-refractivity contribution in [1.29, 1.82) is 0 Å². The van der Waals surface area contributed by atoms with Crippen LogP contribution in [-0.4, -0.2) is 63.2 Å². The molecule has 0 N–H and O–H groups in total. The molecule has 124 valence electrons. The Labute approximate surface area is 136 Å². The summed E-state index contributed by atoms with van der Waals surface area (Å²) in [5.74, 6) is 1.11. The first-order valence-corrected chi connectivity index (χ1v) is 8.43. The first kappa shape index (κ1) is 14.8. The summed E-state index contributed by atoms with van der Waals surface area (Å²) in [7, 11) is 4.27. The second-order valence-electron chi connectivity index (χ2n) is 6.91. The number of aryl methyl sites for hydroxylation is 1. The fourth-order valence-electron chi connectivity index (χ4n) is 3.92. The molecule has 1 saturated heterocycles. The summed E-state index contributed by atoms with van der Waals surface area (Å²) < 4.78 is 7.55. The van der Waals surface area contributed by atoms with E-state index in [1.54, 1.807) is 6.20 Å². The molecule has 7 nitrogen and oxygen atoms in total. The minimum atomic E-state index is 0.329. The predicted molar refractivity (Wildman–Crippen MR) is 85.0 cm³/mol. The molecule has 23 heavy (non-hydrogen) atoms. The van der Waals surface area contributed by atoms with Crippen LogP contribution in [0.3, 0.4) is 0 Å². The summed E-state index contributed by atoms with van der Waals surface area (Å²) in [6.45, 7) is 2.85. The Morgan fingerprint density at radius 2 is 2.13 bits per heavy atom. The molecule has 0 bridgehead atoms. The van der Waals surface area contributed by atoms with Gasteiger partial charge in [0.25, 0.3) is 0 Å². The molecule has 0 unspecified atom stereocenters. The molecule has 4 rings (SSSR count).